The van der Waals surface area contributed by atoms with E-state index in [0.29, 0.717) is 0 Å². The van der Waals surface area contributed by atoms with Gasteiger partial charge in [-0.05, 0) is 32.6 Å². The van der Waals surface area contributed by atoms with Crippen LogP contribution in [0, 0.1) is 11.8 Å². The standard InChI is InChI=1S/C11H18O2/c1-2-3-4-6-9-12-11-8-5-7-10-13-11/h11H,4-10H2,1H3/t11-/m1/s1. The molecule has 0 bridgehead atoms. The van der Waals surface area contributed by atoms with Gasteiger partial charge in [-0.15, -0.1) is 11.8 Å². The van der Waals surface area contributed by atoms with Crippen LogP contribution in [0.15, 0.2) is 0 Å². The van der Waals surface area contributed by atoms with Crippen LogP contribution in [0.25, 0.3) is 0 Å². The van der Waals surface area contributed by atoms with Crippen LogP contribution in [0.5, 0.6) is 0 Å². The molecule has 1 aliphatic rings. The quantitative estimate of drug-likeness (QED) is 0.490. The third-order valence-electron chi connectivity index (χ3n) is 2.06. The van der Waals surface area contributed by atoms with Gasteiger partial charge in [-0.1, -0.05) is 0 Å². The minimum Gasteiger partial charge on any atom is -0.353 e. The monoisotopic (exact) mass is 182 g/mol. The van der Waals surface area contributed by atoms with E-state index >= 15 is 0 Å². The van der Waals surface area contributed by atoms with E-state index in [4.69, 9.17) is 9.47 Å². The first-order valence-electron chi connectivity index (χ1n) is 5.06. The lowest BCUT2D eigenvalue weighted by molar-refractivity contribution is -0.162. The molecular weight excluding hydrogens is 164 g/mol. The Labute approximate surface area is 80.6 Å². The fraction of sp³-hybridized carbons (Fsp3) is 0.818. The number of rotatable bonds is 4. The molecule has 2 heteroatoms. The van der Waals surface area contributed by atoms with Gasteiger partial charge in [0.1, 0.15) is 0 Å². The molecule has 0 amide bonds. The van der Waals surface area contributed by atoms with Gasteiger partial charge in [0.2, 0.25) is 0 Å². The van der Waals surface area contributed by atoms with Crippen molar-refractivity contribution in [1.82, 2.24) is 0 Å². The number of unbranched alkanes of at least 4 members (excludes halogenated alkanes) is 1. The summed E-state index contributed by atoms with van der Waals surface area (Å²) in [5.41, 5.74) is 0. The van der Waals surface area contributed by atoms with Crippen molar-refractivity contribution < 1.29 is 9.47 Å². The van der Waals surface area contributed by atoms with Gasteiger partial charge < -0.3 is 9.47 Å². The molecule has 0 aromatic carbocycles. The largest absolute Gasteiger partial charge is 0.353 e. The lowest BCUT2D eigenvalue weighted by Crippen LogP contribution is -2.22. The molecule has 1 atom stereocenters. The Morgan fingerprint density at radius 3 is 3.08 bits per heavy atom. The fourth-order valence-electron chi connectivity index (χ4n) is 1.34. The molecule has 0 unspecified atom stereocenters. The van der Waals surface area contributed by atoms with Crippen molar-refractivity contribution in [3.63, 3.8) is 0 Å². The second-order valence-electron chi connectivity index (χ2n) is 3.20. The highest BCUT2D eigenvalue weighted by Crippen LogP contribution is 2.13. The van der Waals surface area contributed by atoms with E-state index in [1.165, 1.54) is 12.8 Å². The zero-order valence-electron chi connectivity index (χ0n) is 8.34. The molecule has 0 radical (unpaired) electrons. The van der Waals surface area contributed by atoms with Gasteiger partial charge in [-0.3, -0.25) is 0 Å². The third-order valence-corrected chi connectivity index (χ3v) is 2.06. The summed E-state index contributed by atoms with van der Waals surface area (Å²) in [4.78, 5) is 0. The molecule has 1 heterocycles. The van der Waals surface area contributed by atoms with Gasteiger partial charge in [0, 0.05) is 13.0 Å². The average molecular weight is 182 g/mol. The van der Waals surface area contributed by atoms with Gasteiger partial charge >= 0.3 is 0 Å². The molecule has 0 spiro atoms. The minimum atomic E-state index is 0.0586. The first-order valence-corrected chi connectivity index (χ1v) is 5.06. The van der Waals surface area contributed by atoms with E-state index in [2.05, 4.69) is 11.8 Å². The van der Waals surface area contributed by atoms with E-state index in [0.717, 1.165) is 32.5 Å². The van der Waals surface area contributed by atoms with Crippen molar-refractivity contribution in [1.29, 1.82) is 0 Å². The highest BCUT2D eigenvalue weighted by molar-refractivity contribution is 4.94. The second-order valence-corrected chi connectivity index (χ2v) is 3.20. The Balaban J connectivity index is 1.94. The highest BCUT2D eigenvalue weighted by atomic mass is 16.7. The Hall–Kier alpha value is -0.520. The Bertz CT molecular complexity index is 172. The van der Waals surface area contributed by atoms with Gasteiger partial charge in [0.25, 0.3) is 0 Å². The van der Waals surface area contributed by atoms with Crippen molar-refractivity contribution in [3.05, 3.63) is 0 Å². The van der Waals surface area contributed by atoms with Crippen molar-refractivity contribution >= 4 is 0 Å². The molecule has 1 rings (SSSR count). The van der Waals surface area contributed by atoms with Crippen LogP contribution < -0.4 is 0 Å². The van der Waals surface area contributed by atoms with Crippen molar-refractivity contribution in [2.24, 2.45) is 0 Å². The molecule has 0 aromatic heterocycles. The van der Waals surface area contributed by atoms with Crippen LogP contribution in [-0.4, -0.2) is 19.5 Å². The van der Waals surface area contributed by atoms with Crippen LogP contribution >= 0.6 is 0 Å². The molecule has 0 aromatic rings. The first-order chi connectivity index (χ1) is 6.43. The summed E-state index contributed by atoms with van der Waals surface area (Å²) in [6.07, 6.45) is 5.48. The van der Waals surface area contributed by atoms with E-state index in [-0.39, 0.29) is 6.29 Å². The number of hydrogen-bond donors (Lipinski definition) is 0. The molecule has 13 heavy (non-hydrogen) atoms. The predicted octanol–water partition coefficient (Wildman–Crippen LogP) is 2.33. The smallest absolute Gasteiger partial charge is 0.157 e. The van der Waals surface area contributed by atoms with Gasteiger partial charge in [-0.2, -0.15) is 0 Å². The lowest BCUT2D eigenvalue weighted by atomic mass is 10.2. The third kappa shape index (κ3) is 4.92. The predicted molar refractivity (Wildman–Crippen MR) is 52.2 cm³/mol. The maximum atomic E-state index is 5.54. The Kier molecular flexibility index (Phi) is 5.64. The Morgan fingerprint density at radius 1 is 1.46 bits per heavy atom. The number of ether oxygens (including phenoxy) is 2. The molecule has 1 fully saturated rings. The maximum Gasteiger partial charge on any atom is 0.157 e. The molecule has 74 valence electrons. The molecule has 1 saturated heterocycles. The van der Waals surface area contributed by atoms with Crippen molar-refractivity contribution in [2.45, 2.75) is 45.3 Å². The van der Waals surface area contributed by atoms with Gasteiger partial charge in [0.15, 0.2) is 6.29 Å². The maximum absolute atomic E-state index is 5.54. The first kappa shape index (κ1) is 10.6. The average Bonchev–Trinajstić information content (AvgIpc) is 2.19. The van der Waals surface area contributed by atoms with Gasteiger partial charge in [0.05, 0.1) is 6.61 Å². The van der Waals surface area contributed by atoms with Crippen LogP contribution in [0.1, 0.15) is 39.0 Å². The topological polar surface area (TPSA) is 18.5 Å². The minimum absolute atomic E-state index is 0.0586. The molecule has 1 aliphatic heterocycles. The van der Waals surface area contributed by atoms with Gasteiger partial charge in [-0.25, -0.2) is 0 Å². The molecular formula is C11H18O2. The summed E-state index contributed by atoms with van der Waals surface area (Å²) >= 11 is 0. The van der Waals surface area contributed by atoms with E-state index in [1.807, 2.05) is 6.92 Å². The van der Waals surface area contributed by atoms with Crippen molar-refractivity contribution in [3.8, 4) is 11.8 Å². The summed E-state index contributed by atoms with van der Waals surface area (Å²) in [5, 5.41) is 0. The van der Waals surface area contributed by atoms with Crippen LogP contribution in [0.4, 0.5) is 0 Å². The normalized spacial score (nSPS) is 22.1. The van der Waals surface area contributed by atoms with Crippen molar-refractivity contribution in [2.75, 3.05) is 13.2 Å². The van der Waals surface area contributed by atoms with Crippen LogP contribution in [0.3, 0.4) is 0 Å². The SMILES string of the molecule is CC#CCCCO[C@H]1CCCCO1. The lowest BCUT2D eigenvalue weighted by Gasteiger charge is -2.22. The molecule has 2 nitrogen and oxygen atoms in total. The van der Waals surface area contributed by atoms with Crippen LogP contribution in [-0.2, 0) is 9.47 Å². The molecule has 0 N–H and O–H groups in total. The summed E-state index contributed by atoms with van der Waals surface area (Å²) in [6.45, 7) is 3.50. The zero-order chi connectivity index (χ0) is 9.36. The summed E-state index contributed by atoms with van der Waals surface area (Å²) in [6, 6.07) is 0. The summed E-state index contributed by atoms with van der Waals surface area (Å²) in [7, 11) is 0. The van der Waals surface area contributed by atoms with E-state index in [1.54, 1.807) is 0 Å². The van der Waals surface area contributed by atoms with Crippen LogP contribution in [0.2, 0.25) is 0 Å². The molecule has 0 aliphatic carbocycles. The van der Waals surface area contributed by atoms with E-state index < -0.39 is 0 Å². The summed E-state index contributed by atoms with van der Waals surface area (Å²) in [5.74, 6) is 5.88. The second kappa shape index (κ2) is 6.94. The molecule has 0 saturated carbocycles. The Morgan fingerprint density at radius 2 is 2.38 bits per heavy atom. The summed E-state index contributed by atoms with van der Waals surface area (Å²) < 4.78 is 11.0. The number of hydrogen-bond acceptors (Lipinski definition) is 2. The highest BCUT2D eigenvalue weighted by Gasteiger charge is 2.12. The van der Waals surface area contributed by atoms with E-state index in [9.17, 15) is 0 Å². The fourth-order valence-corrected chi connectivity index (χ4v) is 1.34. The zero-order valence-corrected chi connectivity index (χ0v) is 8.34.